The van der Waals surface area contributed by atoms with Crippen molar-refractivity contribution in [1.82, 2.24) is 0 Å². The predicted octanol–water partition coefficient (Wildman–Crippen LogP) is 3.46. The lowest BCUT2D eigenvalue weighted by Gasteiger charge is -2.11. The second kappa shape index (κ2) is 4.94. The average Bonchev–Trinajstić information content (AvgIpc) is 2.04. The van der Waals surface area contributed by atoms with Crippen molar-refractivity contribution >= 4 is 27.5 Å². The van der Waals surface area contributed by atoms with E-state index in [0.29, 0.717) is 11.4 Å². The molecule has 1 atom stereocenters. The van der Waals surface area contributed by atoms with Crippen molar-refractivity contribution in [3.63, 3.8) is 0 Å². The Bertz CT molecular complexity index is 293. The maximum Gasteiger partial charge on any atom is 0.0912 e. The molecule has 1 nitrogen and oxygen atoms in total. The second-order valence-electron chi connectivity index (χ2n) is 2.75. The smallest absolute Gasteiger partial charge is 0.0912 e. The minimum Gasteiger partial charge on any atom is -0.324 e. The van der Waals surface area contributed by atoms with Gasteiger partial charge in [-0.3, -0.25) is 4.39 Å². The third-order valence-corrected chi connectivity index (χ3v) is 2.70. The quantitative estimate of drug-likeness (QED) is 0.891. The molecule has 1 rings (SSSR count). The molecule has 0 aliphatic heterocycles. The molecule has 72 valence electrons. The van der Waals surface area contributed by atoms with Crippen LogP contribution in [0.15, 0.2) is 22.7 Å². The van der Waals surface area contributed by atoms with Crippen LogP contribution in [0.4, 0.5) is 4.39 Å². The fraction of sp³-hybridized carbons (Fsp3) is 0.333. The first-order valence-electron chi connectivity index (χ1n) is 3.91. The van der Waals surface area contributed by atoms with Gasteiger partial charge in [0.15, 0.2) is 0 Å². The summed E-state index contributed by atoms with van der Waals surface area (Å²) in [6.45, 7) is -0.407. The monoisotopic (exact) mass is 265 g/mol. The van der Waals surface area contributed by atoms with Crippen LogP contribution in [-0.2, 0) is 0 Å². The zero-order valence-electron chi connectivity index (χ0n) is 6.93. The van der Waals surface area contributed by atoms with Gasteiger partial charge in [-0.2, -0.15) is 0 Å². The van der Waals surface area contributed by atoms with E-state index in [4.69, 9.17) is 17.3 Å². The summed E-state index contributed by atoms with van der Waals surface area (Å²) in [5.41, 5.74) is 6.63. The van der Waals surface area contributed by atoms with Gasteiger partial charge in [0, 0.05) is 15.5 Å². The molecule has 0 aliphatic rings. The highest BCUT2D eigenvalue weighted by Gasteiger charge is 2.09. The molecule has 0 heterocycles. The zero-order valence-corrected chi connectivity index (χ0v) is 9.28. The molecule has 0 aromatic heterocycles. The summed E-state index contributed by atoms with van der Waals surface area (Å²) in [4.78, 5) is 0. The lowest BCUT2D eigenvalue weighted by molar-refractivity contribution is 0.441. The molecule has 2 N–H and O–H groups in total. The normalized spacial score (nSPS) is 12.9. The Kier molecular flexibility index (Phi) is 4.16. The second-order valence-corrected chi connectivity index (χ2v) is 4.04. The van der Waals surface area contributed by atoms with Gasteiger partial charge in [-0.15, -0.1) is 0 Å². The summed E-state index contributed by atoms with van der Waals surface area (Å²) in [6, 6.07) is 5.05. The van der Waals surface area contributed by atoms with Crippen molar-refractivity contribution in [2.24, 2.45) is 5.73 Å². The van der Waals surface area contributed by atoms with Crippen LogP contribution in [0, 0.1) is 0 Å². The van der Waals surface area contributed by atoms with E-state index in [0.717, 1.165) is 10.0 Å². The molecule has 0 unspecified atom stereocenters. The van der Waals surface area contributed by atoms with Crippen molar-refractivity contribution in [3.05, 3.63) is 33.3 Å². The molecule has 0 spiro atoms. The maximum absolute atomic E-state index is 12.0. The number of hydrogen-bond donors (Lipinski definition) is 1. The Morgan fingerprint density at radius 3 is 2.77 bits per heavy atom. The maximum atomic E-state index is 12.0. The molecular weight excluding hydrogens is 256 g/mol. The van der Waals surface area contributed by atoms with Crippen molar-refractivity contribution in [2.75, 3.05) is 6.67 Å². The fourth-order valence-corrected chi connectivity index (χ4v) is 2.05. The Morgan fingerprint density at radius 2 is 2.23 bits per heavy atom. The third kappa shape index (κ3) is 2.93. The van der Waals surface area contributed by atoms with E-state index in [1.165, 1.54) is 0 Å². The van der Waals surface area contributed by atoms with Gasteiger partial charge in [-0.25, -0.2) is 0 Å². The molecule has 1 aromatic rings. The van der Waals surface area contributed by atoms with Crippen molar-refractivity contribution in [1.29, 1.82) is 0 Å². The third-order valence-electron chi connectivity index (χ3n) is 1.78. The predicted molar refractivity (Wildman–Crippen MR) is 56.7 cm³/mol. The lowest BCUT2D eigenvalue weighted by Crippen LogP contribution is -2.11. The standard InChI is InChI=1S/C9H10BrClFN/c10-8-5-6(11)1-2-7(8)9(13)3-4-12/h1-2,5,9H,3-4,13H2/t9-/m1/s1. The topological polar surface area (TPSA) is 26.0 Å². The van der Waals surface area contributed by atoms with Gasteiger partial charge in [-0.05, 0) is 24.1 Å². The van der Waals surface area contributed by atoms with Gasteiger partial charge in [0.25, 0.3) is 0 Å². The van der Waals surface area contributed by atoms with Crippen LogP contribution in [0.25, 0.3) is 0 Å². The van der Waals surface area contributed by atoms with Gasteiger partial charge in [0.1, 0.15) is 0 Å². The van der Waals surface area contributed by atoms with Crippen molar-refractivity contribution < 1.29 is 4.39 Å². The van der Waals surface area contributed by atoms with Gasteiger partial charge in [0.05, 0.1) is 6.67 Å². The average molecular weight is 267 g/mol. The molecule has 13 heavy (non-hydrogen) atoms. The number of rotatable bonds is 3. The molecule has 0 amide bonds. The molecule has 0 radical (unpaired) electrons. The Labute approximate surface area is 90.2 Å². The molecule has 0 aliphatic carbocycles. The van der Waals surface area contributed by atoms with Gasteiger partial charge in [0.2, 0.25) is 0 Å². The molecule has 0 saturated carbocycles. The molecule has 0 saturated heterocycles. The summed E-state index contributed by atoms with van der Waals surface area (Å²) >= 11 is 9.08. The van der Waals surface area contributed by atoms with E-state index in [2.05, 4.69) is 15.9 Å². The number of nitrogens with two attached hydrogens (primary N) is 1. The molecule has 4 heteroatoms. The van der Waals surface area contributed by atoms with E-state index < -0.39 is 6.67 Å². The molecule has 1 aromatic carbocycles. The summed E-state index contributed by atoms with van der Waals surface area (Å²) in [5.74, 6) is 0. The van der Waals surface area contributed by atoms with E-state index in [-0.39, 0.29) is 6.04 Å². The zero-order chi connectivity index (χ0) is 9.84. The van der Waals surface area contributed by atoms with Crippen LogP contribution in [-0.4, -0.2) is 6.67 Å². The highest BCUT2D eigenvalue weighted by molar-refractivity contribution is 9.10. The van der Waals surface area contributed by atoms with E-state index in [1.807, 2.05) is 6.07 Å². The molecule has 0 fully saturated rings. The van der Waals surface area contributed by atoms with Crippen LogP contribution in [0.5, 0.6) is 0 Å². The number of benzene rings is 1. The van der Waals surface area contributed by atoms with Crippen LogP contribution < -0.4 is 5.73 Å². The van der Waals surface area contributed by atoms with Crippen molar-refractivity contribution in [3.8, 4) is 0 Å². The molecule has 0 bridgehead atoms. The van der Waals surface area contributed by atoms with E-state index >= 15 is 0 Å². The van der Waals surface area contributed by atoms with E-state index in [9.17, 15) is 4.39 Å². The van der Waals surface area contributed by atoms with Crippen LogP contribution in [0.2, 0.25) is 5.02 Å². The summed E-state index contributed by atoms with van der Waals surface area (Å²) in [7, 11) is 0. The van der Waals surface area contributed by atoms with E-state index in [1.54, 1.807) is 12.1 Å². The summed E-state index contributed by atoms with van der Waals surface area (Å²) in [5, 5.41) is 0.642. The minimum absolute atomic E-state index is 0.267. The van der Waals surface area contributed by atoms with Gasteiger partial charge >= 0.3 is 0 Å². The van der Waals surface area contributed by atoms with Crippen molar-refractivity contribution in [2.45, 2.75) is 12.5 Å². The van der Waals surface area contributed by atoms with Crippen LogP contribution >= 0.6 is 27.5 Å². The Balaban J connectivity index is 2.88. The van der Waals surface area contributed by atoms with Crippen LogP contribution in [0.1, 0.15) is 18.0 Å². The highest BCUT2D eigenvalue weighted by Crippen LogP contribution is 2.26. The highest BCUT2D eigenvalue weighted by atomic mass is 79.9. The first kappa shape index (κ1) is 11.0. The Morgan fingerprint density at radius 1 is 1.54 bits per heavy atom. The number of alkyl halides is 1. The first-order valence-corrected chi connectivity index (χ1v) is 5.08. The summed E-state index contributed by atoms with van der Waals surface area (Å²) in [6.07, 6.45) is 0.334. The SMILES string of the molecule is N[C@H](CCF)c1ccc(Cl)cc1Br. The van der Waals surface area contributed by atoms with Gasteiger partial charge < -0.3 is 5.73 Å². The number of hydrogen-bond acceptors (Lipinski definition) is 1. The minimum atomic E-state index is -0.407. The lowest BCUT2D eigenvalue weighted by atomic mass is 10.1. The Hall–Kier alpha value is -0.120. The van der Waals surface area contributed by atoms with Gasteiger partial charge in [-0.1, -0.05) is 33.6 Å². The summed E-state index contributed by atoms with van der Waals surface area (Å²) < 4.78 is 12.9. The number of halogens is 3. The van der Waals surface area contributed by atoms with Crippen LogP contribution in [0.3, 0.4) is 0 Å². The largest absolute Gasteiger partial charge is 0.324 e. The first-order chi connectivity index (χ1) is 6.15. The molecular formula is C9H10BrClFN. The fourth-order valence-electron chi connectivity index (χ4n) is 1.08.